The van der Waals surface area contributed by atoms with Crippen molar-refractivity contribution in [3.8, 4) is 5.75 Å². The van der Waals surface area contributed by atoms with Gasteiger partial charge in [-0.15, -0.1) is 0 Å². The molecule has 0 aliphatic heterocycles. The van der Waals surface area contributed by atoms with Crippen molar-refractivity contribution in [1.82, 2.24) is 5.32 Å². The fraction of sp³-hybridized carbons (Fsp3) is 0.522. The fourth-order valence-corrected chi connectivity index (χ4v) is 3.71. The summed E-state index contributed by atoms with van der Waals surface area (Å²) in [6, 6.07) is 12.2. The number of fused-ring (bicyclic) bond motifs is 1. The van der Waals surface area contributed by atoms with E-state index in [1.165, 1.54) is 32.1 Å². The molecular weight excluding hydrogens is 338 g/mol. The van der Waals surface area contributed by atoms with Gasteiger partial charge in [-0.05, 0) is 54.7 Å². The van der Waals surface area contributed by atoms with Gasteiger partial charge in [-0.3, -0.25) is 4.79 Å². The van der Waals surface area contributed by atoms with Gasteiger partial charge in [0.1, 0.15) is 5.75 Å². The maximum Gasteiger partial charge on any atom is 0.227 e. The number of benzene rings is 2. The molecule has 0 unspecified atom stereocenters. The normalized spacial score (nSPS) is 16.2. The Labute approximate surface area is 162 Å². The van der Waals surface area contributed by atoms with Gasteiger partial charge in [-0.1, -0.05) is 43.5 Å². The van der Waals surface area contributed by atoms with Crippen molar-refractivity contribution in [3.05, 3.63) is 42.0 Å². The van der Waals surface area contributed by atoms with Gasteiger partial charge >= 0.3 is 0 Å². The van der Waals surface area contributed by atoms with Crippen LogP contribution in [0.3, 0.4) is 0 Å². The van der Waals surface area contributed by atoms with E-state index in [4.69, 9.17) is 9.47 Å². The van der Waals surface area contributed by atoms with E-state index in [1.54, 1.807) is 7.11 Å². The predicted molar refractivity (Wildman–Crippen MR) is 109 cm³/mol. The highest BCUT2D eigenvalue weighted by molar-refractivity contribution is 5.88. The Morgan fingerprint density at radius 1 is 1.11 bits per heavy atom. The van der Waals surface area contributed by atoms with Crippen LogP contribution in [0.4, 0.5) is 0 Å². The molecule has 0 bridgehead atoms. The Morgan fingerprint density at radius 3 is 2.63 bits per heavy atom. The zero-order valence-corrected chi connectivity index (χ0v) is 16.5. The van der Waals surface area contributed by atoms with E-state index in [0.29, 0.717) is 12.6 Å². The van der Waals surface area contributed by atoms with Gasteiger partial charge in [0.2, 0.25) is 5.91 Å². The summed E-state index contributed by atoms with van der Waals surface area (Å²) in [4.78, 5) is 12.5. The molecule has 0 radical (unpaired) electrons. The lowest BCUT2D eigenvalue weighted by Gasteiger charge is -2.22. The van der Waals surface area contributed by atoms with Gasteiger partial charge in [-0.2, -0.15) is 0 Å². The number of hydrogen-bond donors (Lipinski definition) is 1. The first kappa shape index (κ1) is 19.7. The topological polar surface area (TPSA) is 47.6 Å². The number of methoxy groups -OCH3 is 1. The molecule has 146 valence electrons. The smallest absolute Gasteiger partial charge is 0.227 e. The Morgan fingerprint density at radius 2 is 1.85 bits per heavy atom. The number of nitrogens with one attached hydrogen (secondary N) is 1. The number of rotatable bonds is 8. The summed E-state index contributed by atoms with van der Waals surface area (Å²) < 4.78 is 11.2. The lowest BCUT2D eigenvalue weighted by molar-refractivity contribution is -0.122. The van der Waals surface area contributed by atoms with E-state index in [2.05, 4.69) is 17.4 Å². The van der Waals surface area contributed by atoms with Gasteiger partial charge in [0, 0.05) is 13.2 Å². The number of amides is 1. The molecule has 4 nitrogen and oxygen atoms in total. The minimum Gasteiger partial charge on any atom is -0.497 e. The second-order valence-corrected chi connectivity index (χ2v) is 7.47. The van der Waals surface area contributed by atoms with Crippen LogP contribution in [-0.2, 0) is 9.53 Å². The molecule has 1 amide bonds. The van der Waals surface area contributed by atoms with Crippen LogP contribution >= 0.6 is 0 Å². The zero-order valence-electron chi connectivity index (χ0n) is 16.5. The standard InChI is InChI=1S/C23H31NO3/c1-17(18-9-10-20-16-22(26-2)12-11-19(20)15-18)23(25)24-13-6-14-27-21-7-4-3-5-8-21/h9-12,15-17,21H,3-8,13-14H2,1-2H3,(H,24,25)/t17-/m1/s1. The molecular formula is C23H31NO3. The van der Waals surface area contributed by atoms with E-state index in [9.17, 15) is 4.79 Å². The quantitative estimate of drug-likeness (QED) is 0.680. The summed E-state index contributed by atoms with van der Waals surface area (Å²) in [5, 5.41) is 5.28. The maximum atomic E-state index is 12.5. The van der Waals surface area contributed by atoms with E-state index in [1.807, 2.05) is 31.2 Å². The van der Waals surface area contributed by atoms with Crippen molar-refractivity contribution in [2.24, 2.45) is 0 Å². The van der Waals surface area contributed by atoms with Crippen LogP contribution < -0.4 is 10.1 Å². The Kier molecular flexibility index (Phi) is 7.11. The molecule has 1 saturated carbocycles. The fourth-order valence-electron chi connectivity index (χ4n) is 3.71. The van der Waals surface area contributed by atoms with Crippen LogP contribution in [0.15, 0.2) is 36.4 Å². The minimum atomic E-state index is -0.171. The third-order valence-corrected chi connectivity index (χ3v) is 5.49. The summed E-state index contributed by atoms with van der Waals surface area (Å²) in [7, 11) is 1.67. The molecule has 2 aromatic rings. The summed E-state index contributed by atoms with van der Waals surface area (Å²) in [5.41, 5.74) is 1.03. The van der Waals surface area contributed by atoms with Crippen LogP contribution in [0, 0.1) is 0 Å². The van der Waals surface area contributed by atoms with Crippen LogP contribution in [0.2, 0.25) is 0 Å². The molecule has 27 heavy (non-hydrogen) atoms. The molecule has 1 aliphatic carbocycles. The molecule has 1 atom stereocenters. The van der Waals surface area contributed by atoms with Gasteiger partial charge in [0.05, 0.1) is 19.1 Å². The number of carbonyl (C=O) groups excluding carboxylic acids is 1. The third-order valence-electron chi connectivity index (χ3n) is 5.49. The van der Waals surface area contributed by atoms with Gasteiger partial charge in [0.25, 0.3) is 0 Å². The molecule has 4 heteroatoms. The number of ether oxygens (including phenoxy) is 2. The lowest BCUT2D eigenvalue weighted by Crippen LogP contribution is -2.29. The van der Waals surface area contributed by atoms with E-state index >= 15 is 0 Å². The number of carbonyl (C=O) groups is 1. The first-order valence-electron chi connectivity index (χ1n) is 10.1. The Balaban J connectivity index is 1.45. The number of hydrogen-bond acceptors (Lipinski definition) is 3. The van der Waals surface area contributed by atoms with Crippen molar-refractivity contribution in [2.45, 2.75) is 57.5 Å². The molecule has 1 N–H and O–H groups in total. The van der Waals surface area contributed by atoms with Crippen molar-refractivity contribution in [1.29, 1.82) is 0 Å². The molecule has 0 heterocycles. The van der Waals surface area contributed by atoms with Crippen LogP contribution in [0.5, 0.6) is 5.75 Å². The van der Waals surface area contributed by atoms with Crippen molar-refractivity contribution in [2.75, 3.05) is 20.3 Å². The highest BCUT2D eigenvalue weighted by atomic mass is 16.5. The lowest BCUT2D eigenvalue weighted by atomic mass is 9.97. The van der Waals surface area contributed by atoms with E-state index in [0.717, 1.165) is 35.1 Å². The monoisotopic (exact) mass is 369 g/mol. The summed E-state index contributed by atoms with van der Waals surface area (Å²) in [6.45, 7) is 3.36. The molecule has 1 fully saturated rings. The third kappa shape index (κ3) is 5.46. The first-order chi connectivity index (χ1) is 13.2. The SMILES string of the molecule is COc1ccc2cc([C@@H](C)C(=O)NCCCOC3CCCCC3)ccc2c1. The molecule has 0 aromatic heterocycles. The van der Waals surface area contributed by atoms with Crippen molar-refractivity contribution < 1.29 is 14.3 Å². The average molecular weight is 370 g/mol. The van der Waals surface area contributed by atoms with E-state index in [-0.39, 0.29) is 11.8 Å². The van der Waals surface area contributed by atoms with Crippen molar-refractivity contribution in [3.63, 3.8) is 0 Å². The summed E-state index contributed by atoms with van der Waals surface area (Å²) in [6.07, 6.45) is 7.61. The van der Waals surface area contributed by atoms with Gasteiger partial charge in [-0.25, -0.2) is 0 Å². The maximum absolute atomic E-state index is 12.5. The predicted octanol–water partition coefficient (Wildman–Crippen LogP) is 4.81. The average Bonchev–Trinajstić information content (AvgIpc) is 2.72. The first-order valence-corrected chi connectivity index (χ1v) is 10.1. The highest BCUT2D eigenvalue weighted by Crippen LogP contribution is 2.25. The molecule has 3 rings (SSSR count). The minimum absolute atomic E-state index is 0.0699. The molecule has 0 saturated heterocycles. The molecule has 0 spiro atoms. The summed E-state index contributed by atoms with van der Waals surface area (Å²) >= 11 is 0. The Bertz CT molecular complexity index is 752. The van der Waals surface area contributed by atoms with Crippen LogP contribution in [0.1, 0.15) is 56.9 Å². The van der Waals surface area contributed by atoms with Crippen molar-refractivity contribution >= 4 is 16.7 Å². The molecule has 2 aromatic carbocycles. The highest BCUT2D eigenvalue weighted by Gasteiger charge is 2.16. The zero-order chi connectivity index (χ0) is 19.1. The largest absolute Gasteiger partial charge is 0.497 e. The van der Waals surface area contributed by atoms with E-state index < -0.39 is 0 Å². The Hall–Kier alpha value is -2.07. The second kappa shape index (κ2) is 9.75. The van der Waals surface area contributed by atoms with Gasteiger partial charge in [0.15, 0.2) is 0 Å². The van der Waals surface area contributed by atoms with Crippen LogP contribution in [-0.4, -0.2) is 32.3 Å². The molecule has 1 aliphatic rings. The summed E-state index contributed by atoms with van der Waals surface area (Å²) in [5.74, 6) is 0.743. The second-order valence-electron chi connectivity index (χ2n) is 7.47. The van der Waals surface area contributed by atoms with Gasteiger partial charge < -0.3 is 14.8 Å². The van der Waals surface area contributed by atoms with Crippen LogP contribution in [0.25, 0.3) is 10.8 Å².